The summed E-state index contributed by atoms with van der Waals surface area (Å²) < 4.78 is 6.01. The molecule has 38 heavy (non-hydrogen) atoms. The first-order valence-electron chi connectivity index (χ1n) is 12.8. The summed E-state index contributed by atoms with van der Waals surface area (Å²) in [6.45, 7) is 7.12. The Morgan fingerprint density at radius 1 is 1.18 bits per heavy atom. The van der Waals surface area contributed by atoms with E-state index >= 15 is 0 Å². The summed E-state index contributed by atoms with van der Waals surface area (Å²) >= 11 is 0. The third-order valence-electron chi connectivity index (χ3n) is 7.08. The molecule has 2 aromatic carbocycles. The lowest BCUT2D eigenvalue weighted by Gasteiger charge is -2.41. The minimum Gasteiger partial charge on any atom is -0.489 e. The van der Waals surface area contributed by atoms with Crippen molar-refractivity contribution in [1.29, 1.82) is 0 Å². The van der Waals surface area contributed by atoms with Crippen LogP contribution in [0.4, 0.5) is 0 Å². The number of carbonyl (C=O) groups is 2. The van der Waals surface area contributed by atoms with Gasteiger partial charge in [-0.3, -0.25) is 24.7 Å². The second kappa shape index (κ2) is 11.6. The lowest BCUT2D eigenvalue weighted by atomic mass is 9.82. The van der Waals surface area contributed by atoms with Gasteiger partial charge < -0.3 is 10.1 Å². The quantitative estimate of drug-likeness (QED) is 0.240. The molecule has 0 aliphatic carbocycles. The van der Waals surface area contributed by atoms with E-state index in [4.69, 9.17) is 11.2 Å². The van der Waals surface area contributed by atoms with Crippen LogP contribution in [0, 0.1) is 24.7 Å². The van der Waals surface area contributed by atoms with Gasteiger partial charge in [0.1, 0.15) is 18.4 Å². The number of para-hydroxylation sites is 1. The van der Waals surface area contributed by atoms with Crippen LogP contribution in [0.2, 0.25) is 0 Å². The molecule has 0 radical (unpaired) electrons. The first-order chi connectivity index (χ1) is 18.2. The van der Waals surface area contributed by atoms with Gasteiger partial charge in [0, 0.05) is 41.3 Å². The zero-order valence-corrected chi connectivity index (χ0v) is 22.0. The highest BCUT2D eigenvalue weighted by Crippen LogP contribution is 2.28. The molecule has 8 nitrogen and oxygen atoms in total. The van der Waals surface area contributed by atoms with E-state index in [1.807, 2.05) is 42.2 Å². The fourth-order valence-electron chi connectivity index (χ4n) is 5.04. The molecular formula is C30H34N4O4. The number of pyridine rings is 1. The van der Waals surface area contributed by atoms with E-state index in [0.29, 0.717) is 43.9 Å². The average molecular weight is 515 g/mol. The van der Waals surface area contributed by atoms with E-state index in [0.717, 1.165) is 22.2 Å². The predicted molar refractivity (Wildman–Crippen MR) is 146 cm³/mol. The van der Waals surface area contributed by atoms with Crippen LogP contribution in [-0.2, 0) is 11.4 Å². The van der Waals surface area contributed by atoms with Crippen LogP contribution in [0.25, 0.3) is 10.9 Å². The highest BCUT2D eigenvalue weighted by atomic mass is 16.5. The summed E-state index contributed by atoms with van der Waals surface area (Å²) in [6.07, 6.45) is 6.98. The van der Waals surface area contributed by atoms with Crippen LogP contribution in [0.1, 0.15) is 48.3 Å². The number of aromatic nitrogens is 1. The molecule has 2 amide bonds. The smallest absolute Gasteiger partial charge is 0.262 e. The standard InChI is InChI=1S/C30H34N4O4/c1-5-30(3,4)27(29(36)33-37)34-16-14-23(15-17-34)32-28(35)21-10-12-24(13-11-21)38-19-22-18-20(2)31-26-9-7-6-8-25(22)26/h1,6-13,18,23,27,37H,14-17,19H2,2-4H3,(H,32,35)(H,33,36). The van der Waals surface area contributed by atoms with Crippen LogP contribution < -0.4 is 15.5 Å². The average Bonchev–Trinajstić information content (AvgIpc) is 2.92. The van der Waals surface area contributed by atoms with E-state index in [2.05, 4.69) is 16.2 Å². The number of hydroxylamine groups is 1. The van der Waals surface area contributed by atoms with Gasteiger partial charge in [-0.15, -0.1) is 6.42 Å². The SMILES string of the molecule is C#CC(C)(C)C(C(=O)NO)N1CCC(NC(=O)c2ccc(OCc3cc(C)nc4ccccc34)cc2)CC1. The van der Waals surface area contributed by atoms with Gasteiger partial charge in [0.2, 0.25) is 0 Å². The summed E-state index contributed by atoms with van der Waals surface area (Å²) in [5.74, 6) is 2.66. The molecule has 0 saturated carbocycles. The van der Waals surface area contributed by atoms with Crippen LogP contribution in [0.5, 0.6) is 5.75 Å². The van der Waals surface area contributed by atoms with Crippen molar-refractivity contribution in [3.05, 3.63) is 71.4 Å². The maximum absolute atomic E-state index is 12.9. The molecule has 3 N–H and O–H groups in total. The molecular weight excluding hydrogens is 480 g/mol. The molecule has 0 spiro atoms. The number of rotatable bonds is 8. The monoisotopic (exact) mass is 514 g/mol. The zero-order valence-electron chi connectivity index (χ0n) is 22.0. The molecule has 1 aliphatic rings. The van der Waals surface area contributed by atoms with Crippen molar-refractivity contribution >= 4 is 22.7 Å². The maximum atomic E-state index is 12.9. The highest BCUT2D eigenvalue weighted by Gasteiger charge is 2.40. The minimum atomic E-state index is -0.754. The van der Waals surface area contributed by atoms with Crippen LogP contribution in [0.15, 0.2) is 54.6 Å². The number of ether oxygens (including phenoxy) is 1. The first-order valence-corrected chi connectivity index (χ1v) is 12.8. The maximum Gasteiger partial charge on any atom is 0.262 e. The van der Waals surface area contributed by atoms with E-state index < -0.39 is 17.4 Å². The summed E-state index contributed by atoms with van der Waals surface area (Å²) in [5, 5.41) is 13.3. The number of amides is 2. The molecule has 3 aromatic rings. The lowest BCUT2D eigenvalue weighted by molar-refractivity contribution is -0.138. The molecule has 1 aliphatic heterocycles. The number of hydrogen-bond donors (Lipinski definition) is 3. The molecule has 1 atom stereocenters. The Kier molecular flexibility index (Phi) is 8.30. The molecule has 1 aromatic heterocycles. The number of terminal acetylenes is 1. The van der Waals surface area contributed by atoms with Crippen LogP contribution in [-0.4, -0.2) is 52.1 Å². The van der Waals surface area contributed by atoms with E-state index in [1.165, 1.54) is 0 Å². The largest absolute Gasteiger partial charge is 0.489 e. The summed E-state index contributed by atoms with van der Waals surface area (Å²) in [7, 11) is 0. The predicted octanol–water partition coefficient (Wildman–Crippen LogP) is 3.85. The van der Waals surface area contributed by atoms with Gasteiger partial charge in [-0.1, -0.05) is 24.1 Å². The Labute approximate surface area is 223 Å². The normalized spacial score (nSPS) is 15.4. The minimum absolute atomic E-state index is 0.0235. The number of hydrogen-bond acceptors (Lipinski definition) is 6. The van der Waals surface area contributed by atoms with Gasteiger partial charge in [-0.2, -0.15) is 0 Å². The van der Waals surface area contributed by atoms with E-state index in [1.54, 1.807) is 43.6 Å². The molecule has 1 saturated heterocycles. The van der Waals surface area contributed by atoms with Gasteiger partial charge in [0.05, 0.1) is 10.9 Å². The van der Waals surface area contributed by atoms with Crippen molar-refractivity contribution in [3.8, 4) is 18.1 Å². The van der Waals surface area contributed by atoms with Gasteiger partial charge in [0.15, 0.2) is 0 Å². The van der Waals surface area contributed by atoms with Crippen molar-refractivity contribution in [3.63, 3.8) is 0 Å². The van der Waals surface area contributed by atoms with Crippen molar-refractivity contribution in [2.75, 3.05) is 13.1 Å². The van der Waals surface area contributed by atoms with Crippen molar-refractivity contribution < 1.29 is 19.5 Å². The van der Waals surface area contributed by atoms with Gasteiger partial charge in [0.25, 0.3) is 11.8 Å². The fourth-order valence-corrected chi connectivity index (χ4v) is 5.04. The second-order valence-corrected chi connectivity index (χ2v) is 10.3. The Hall–Kier alpha value is -3.93. The van der Waals surface area contributed by atoms with Crippen molar-refractivity contribution in [2.24, 2.45) is 5.41 Å². The number of piperidine rings is 1. The molecule has 0 bridgehead atoms. The highest BCUT2D eigenvalue weighted by molar-refractivity contribution is 5.94. The lowest BCUT2D eigenvalue weighted by Crippen LogP contribution is -2.57. The van der Waals surface area contributed by atoms with Gasteiger partial charge >= 0.3 is 0 Å². The number of fused-ring (bicyclic) bond motifs is 1. The third-order valence-corrected chi connectivity index (χ3v) is 7.08. The Morgan fingerprint density at radius 2 is 1.87 bits per heavy atom. The zero-order chi connectivity index (χ0) is 27.3. The van der Waals surface area contributed by atoms with Crippen LogP contribution in [0.3, 0.4) is 0 Å². The Balaban J connectivity index is 1.32. The van der Waals surface area contributed by atoms with Crippen molar-refractivity contribution in [2.45, 2.75) is 52.3 Å². The summed E-state index contributed by atoms with van der Waals surface area (Å²) in [5.41, 5.74) is 4.48. The molecule has 198 valence electrons. The molecule has 2 heterocycles. The number of likely N-dealkylation sites (tertiary alicyclic amines) is 1. The fraction of sp³-hybridized carbons (Fsp3) is 0.367. The third kappa shape index (κ3) is 6.13. The topological polar surface area (TPSA) is 104 Å². The Morgan fingerprint density at radius 3 is 2.53 bits per heavy atom. The Bertz CT molecular complexity index is 1340. The number of aryl methyl sites for hydroxylation is 1. The van der Waals surface area contributed by atoms with Gasteiger partial charge in [-0.05, 0) is 70.0 Å². The summed E-state index contributed by atoms with van der Waals surface area (Å²) in [4.78, 5) is 31.7. The molecule has 8 heteroatoms. The van der Waals surface area contributed by atoms with E-state index in [9.17, 15) is 14.8 Å². The number of benzene rings is 2. The number of nitrogens with zero attached hydrogens (tertiary/aromatic N) is 2. The molecule has 1 unspecified atom stereocenters. The van der Waals surface area contributed by atoms with Crippen LogP contribution >= 0.6 is 0 Å². The van der Waals surface area contributed by atoms with Gasteiger partial charge in [-0.25, -0.2) is 5.48 Å². The molecule has 1 fully saturated rings. The second-order valence-electron chi connectivity index (χ2n) is 10.3. The van der Waals surface area contributed by atoms with E-state index in [-0.39, 0.29) is 11.9 Å². The summed E-state index contributed by atoms with van der Waals surface area (Å²) in [6, 6.07) is 16.4. The first kappa shape index (κ1) is 27.1. The number of carbonyl (C=O) groups excluding carboxylic acids is 2. The van der Waals surface area contributed by atoms with Crippen molar-refractivity contribution in [1.82, 2.24) is 20.7 Å². The number of nitrogens with one attached hydrogen (secondary N) is 2. The molecule has 4 rings (SSSR count).